The molecule has 1 aromatic carbocycles. The predicted molar refractivity (Wildman–Crippen MR) is 72.3 cm³/mol. The second-order valence-corrected chi connectivity index (χ2v) is 4.26. The molecule has 0 saturated carbocycles. The molecule has 0 N–H and O–H groups in total. The number of benzene rings is 1. The summed E-state index contributed by atoms with van der Waals surface area (Å²) in [6.07, 6.45) is 13.2. The highest BCUT2D eigenvalue weighted by molar-refractivity contribution is 5.14. The standard InChI is InChI=1S/C16H23/c1-2-3-4-5-6-7-8-10-13-16-14-11-9-12-15-16/h2-3,9,11-12,14-15H,1,4-8,10,13H2/b3-2+. The molecule has 0 amide bonds. The number of hydrogen-bond acceptors (Lipinski definition) is 0. The summed E-state index contributed by atoms with van der Waals surface area (Å²) in [5.74, 6) is 0. The van der Waals surface area contributed by atoms with Gasteiger partial charge in [-0.05, 0) is 38.2 Å². The summed E-state index contributed by atoms with van der Waals surface area (Å²) in [6.45, 7) is 3.69. The SMILES string of the molecule is [CH2]/C=C/CCCCCCCc1ccccc1. The molecule has 1 aromatic rings. The average molecular weight is 215 g/mol. The van der Waals surface area contributed by atoms with Crippen LogP contribution in [0.3, 0.4) is 0 Å². The minimum absolute atomic E-state index is 1.20. The topological polar surface area (TPSA) is 0 Å². The molecule has 16 heavy (non-hydrogen) atoms. The molecule has 0 nitrogen and oxygen atoms in total. The minimum Gasteiger partial charge on any atom is -0.0885 e. The first kappa shape index (κ1) is 13.0. The lowest BCUT2D eigenvalue weighted by atomic mass is 10.0. The lowest BCUT2D eigenvalue weighted by molar-refractivity contribution is 0.617. The van der Waals surface area contributed by atoms with Crippen molar-refractivity contribution in [2.24, 2.45) is 0 Å². The van der Waals surface area contributed by atoms with Crippen LogP contribution in [0, 0.1) is 6.92 Å². The van der Waals surface area contributed by atoms with Crippen LogP contribution in [-0.4, -0.2) is 0 Å². The van der Waals surface area contributed by atoms with Crippen molar-refractivity contribution in [3.8, 4) is 0 Å². The molecule has 0 saturated heterocycles. The van der Waals surface area contributed by atoms with Gasteiger partial charge in [-0.15, -0.1) is 0 Å². The first-order valence-electron chi connectivity index (χ1n) is 6.41. The van der Waals surface area contributed by atoms with Crippen molar-refractivity contribution >= 4 is 0 Å². The summed E-state index contributed by atoms with van der Waals surface area (Å²) in [5, 5.41) is 0. The van der Waals surface area contributed by atoms with Crippen LogP contribution in [0.5, 0.6) is 0 Å². The summed E-state index contributed by atoms with van der Waals surface area (Å²) >= 11 is 0. The zero-order valence-electron chi connectivity index (χ0n) is 10.2. The maximum Gasteiger partial charge on any atom is -0.0279 e. The van der Waals surface area contributed by atoms with Crippen molar-refractivity contribution in [1.29, 1.82) is 0 Å². The van der Waals surface area contributed by atoms with Gasteiger partial charge in [-0.2, -0.15) is 0 Å². The highest BCUT2D eigenvalue weighted by Gasteiger charge is 1.92. The Morgan fingerprint density at radius 2 is 1.56 bits per heavy atom. The zero-order chi connectivity index (χ0) is 11.5. The van der Waals surface area contributed by atoms with Gasteiger partial charge in [0.15, 0.2) is 0 Å². The molecule has 1 rings (SSSR count). The fraction of sp³-hybridized carbons (Fsp3) is 0.438. The number of aryl methyl sites for hydroxylation is 1. The molecule has 0 aliphatic heterocycles. The van der Waals surface area contributed by atoms with Gasteiger partial charge < -0.3 is 0 Å². The van der Waals surface area contributed by atoms with Crippen molar-refractivity contribution in [2.75, 3.05) is 0 Å². The quantitative estimate of drug-likeness (QED) is 0.538. The van der Waals surface area contributed by atoms with Gasteiger partial charge in [0.2, 0.25) is 0 Å². The molecule has 0 bridgehead atoms. The summed E-state index contributed by atoms with van der Waals surface area (Å²) in [6, 6.07) is 10.8. The smallest absolute Gasteiger partial charge is 0.0279 e. The third-order valence-corrected chi connectivity index (χ3v) is 2.85. The number of hydrogen-bond donors (Lipinski definition) is 0. The van der Waals surface area contributed by atoms with Crippen molar-refractivity contribution < 1.29 is 0 Å². The molecule has 0 aliphatic rings. The van der Waals surface area contributed by atoms with Crippen LogP contribution in [0.15, 0.2) is 42.5 Å². The van der Waals surface area contributed by atoms with Gasteiger partial charge in [0.05, 0.1) is 0 Å². The Hall–Kier alpha value is -1.04. The molecule has 0 heterocycles. The number of rotatable bonds is 8. The summed E-state index contributed by atoms with van der Waals surface area (Å²) in [7, 11) is 0. The first-order valence-corrected chi connectivity index (χ1v) is 6.41. The van der Waals surface area contributed by atoms with Crippen LogP contribution in [0.2, 0.25) is 0 Å². The monoisotopic (exact) mass is 215 g/mol. The normalized spacial score (nSPS) is 11.1. The second-order valence-electron chi connectivity index (χ2n) is 4.26. The molecule has 0 unspecified atom stereocenters. The Balaban J connectivity index is 1.92. The summed E-state index contributed by atoms with van der Waals surface area (Å²) < 4.78 is 0. The molecular weight excluding hydrogens is 192 g/mol. The minimum atomic E-state index is 1.20. The van der Waals surface area contributed by atoms with Crippen molar-refractivity contribution in [2.45, 2.75) is 44.9 Å². The van der Waals surface area contributed by atoms with E-state index in [1.165, 1.54) is 50.5 Å². The van der Waals surface area contributed by atoms with E-state index in [1.54, 1.807) is 0 Å². The molecule has 0 aliphatic carbocycles. The van der Waals surface area contributed by atoms with Gasteiger partial charge in [0.1, 0.15) is 0 Å². The van der Waals surface area contributed by atoms with Gasteiger partial charge >= 0.3 is 0 Å². The van der Waals surface area contributed by atoms with E-state index in [9.17, 15) is 0 Å². The van der Waals surface area contributed by atoms with Crippen LogP contribution < -0.4 is 0 Å². The zero-order valence-corrected chi connectivity index (χ0v) is 10.2. The highest BCUT2D eigenvalue weighted by atomic mass is 14.0. The summed E-state index contributed by atoms with van der Waals surface area (Å²) in [5.41, 5.74) is 1.47. The van der Waals surface area contributed by atoms with E-state index < -0.39 is 0 Å². The van der Waals surface area contributed by atoms with Gasteiger partial charge in [0, 0.05) is 0 Å². The van der Waals surface area contributed by atoms with E-state index in [4.69, 9.17) is 0 Å². The Bertz CT molecular complexity index is 271. The van der Waals surface area contributed by atoms with Crippen molar-refractivity contribution in [1.82, 2.24) is 0 Å². The van der Waals surface area contributed by atoms with Crippen LogP contribution in [-0.2, 0) is 6.42 Å². The third-order valence-electron chi connectivity index (χ3n) is 2.85. The molecule has 0 fully saturated rings. The van der Waals surface area contributed by atoms with E-state index in [-0.39, 0.29) is 0 Å². The maximum absolute atomic E-state index is 3.69. The number of unbranched alkanes of at least 4 members (excludes halogenated alkanes) is 5. The van der Waals surface area contributed by atoms with E-state index in [0.29, 0.717) is 0 Å². The van der Waals surface area contributed by atoms with E-state index in [2.05, 4.69) is 43.3 Å². The molecule has 0 spiro atoms. The van der Waals surface area contributed by atoms with Crippen LogP contribution in [0.4, 0.5) is 0 Å². The van der Waals surface area contributed by atoms with Crippen LogP contribution in [0.1, 0.15) is 44.1 Å². The van der Waals surface area contributed by atoms with E-state index in [1.807, 2.05) is 6.08 Å². The molecular formula is C16H23. The van der Waals surface area contributed by atoms with E-state index >= 15 is 0 Å². The Labute approximate surface area is 100 Å². The van der Waals surface area contributed by atoms with Gasteiger partial charge in [-0.1, -0.05) is 61.7 Å². The van der Waals surface area contributed by atoms with Gasteiger partial charge in [0.25, 0.3) is 0 Å². The lowest BCUT2D eigenvalue weighted by Gasteiger charge is -2.01. The molecule has 0 heteroatoms. The Kier molecular flexibility index (Phi) is 7.49. The van der Waals surface area contributed by atoms with Gasteiger partial charge in [-0.25, -0.2) is 0 Å². The first-order chi connectivity index (χ1) is 7.93. The van der Waals surface area contributed by atoms with E-state index in [0.717, 1.165) is 0 Å². The molecule has 0 aromatic heterocycles. The highest BCUT2D eigenvalue weighted by Crippen LogP contribution is 2.09. The Morgan fingerprint density at radius 3 is 2.31 bits per heavy atom. The maximum atomic E-state index is 3.69. The largest absolute Gasteiger partial charge is 0.0885 e. The molecule has 1 radical (unpaired) electrons. The van der Waals surface area contributed by atoms with Crippen molar-refractivity contribution in [3.63, 3.8) is 0 Å². The Morgan fingerprint density at radius 1 is 0.875 bits per heavy atom. The third kappa shape index (κ3) is 6.44. The van der Waals surface area contributed by atoms with Gasteiger partial charge in [-0.3, -0.25) is 0 Å². The van der Waals surface area contributed by atoms with Crippen LogP contribution >= 0.6 is 0 Å². The predicted octanol–water partition coefficient (Wildman–Crippen LogP) is 4.96. The fourth-order valence-corrected chi connectivity index (χ4v) is 1.88. The lowest BCUT2D eigenvalue weighted by Crippen LogP contribution is -1.85. The average Bonchev–Trinajstić information content (AvgIpc) is 2.34. The molecule has 0 atom stereocenters. The number of allylic oxidation sites excluding steroid dienone is 2. The summed E-state index contributed by atoms with van der Waals surface area (Å²) in [4.78, 5) is 0. The fourth-order valence-electron chi connectivity index (χ4n) is 1.88. The van der Waals surface area contributed by atoms with Crippen molar-refractivity contribution in [3.05, 3.63) is 55.0 Å². The van der Waals surface area contributed by atoms with Crippen LogP contribution in [0.25, 0.3) is 0 Å². The second kappa shape index (κ2) is 9.21. The molecule has 87 valence electrons.